The predicted octanol–water partition coefficient (Wildman–Crippen LogP) is 3.26. The summed E-state index contributed by atoms with van der Waals surface area (Å²) in [5.41, 5.74) is 0.906. The Kier molecular flexibility index (Phi) is 4.15. The molecule has 0 bridgehead atoms. The number of benzene rings is 2. The van der Waals surface area contributed by atoms with Gasteiger partial charge in [0, 0.05) is 18.8 Å². The van der Waals surface area contributed by atoms with Crippen molar-refractivity contribution < 1.29 is 4.74 Å². The molecule has 122 valence electrons. The monoisotopic (exact) mass is 341 g/mol. The fourth-order valence-electron chi connectivity index (χ4n) is 2.70. The molecule has 0 aliphatic carbocycles. The number of hydrogen-bond donors (Lipinski definition) is 1. The van der Waals surface area contributed by atoms with Crippen LogP contribution >= 0.6 is 11.6 Å². The van der Waals surface area contributed by atoms with E-state index in [1.54, 1.807) is 0 Å². The third-order valence-electron chi connectivity index (χ3n) is 3.90. The van der Waals surface area contributed by atoms with Crippen LogP contribution in [0.3, 0.4) is 0 Å². The van der Waals surface area contributed by atoms with Gasteiger partial charge in [-0.1, -0.05) is 30.3 Å². The van der Waals surface area contributed by atoms with Gasteiger partial charge in [-0.25, -0.2) is 0 Å². The third kappa shape index (κ3) is 3.25. The molecule has 1 fully saturated rings. The fourth-order valence-corrected chi connectivity index (χ4v) is 2.85. The second kappa shape index (κ2) is 6.59. The number of nitrogens with one attached hydrogen (secondary N) is 1. The topological polar surface area (TPSA) is 63.2 Å². The molecule has 0 radical (unpaired) electrons. The van der Waals surface area contributed by atoms with Gasteiger partial charge < -0.3 is 15.0 Å². The third-order valence-corrected chi connectivity index (χ3v) is 4.06. The number of morpholine rings is 1. The van der Waals surface area contributed by atoms with Crippen LogP contribution in [-0.4, -0.2) is 41.3 Å². The molecule has 3 aromatic rings. The first kappa shape index (κ1) is 15.1. The van der Waals surface area contributed by atoms with Gasteiger partial charge in [0.25, 0.3) is 0 Å². The molecule has 1 N–H and O–H groups in total. The lowest BCUT2D eigenvalue weighted by molar-refractivity contribution is 0.122. The molecule has 0 unspecified atom stereocenters. The SMILES string of the molecule is Clc1nc(Nc2ccc3ccccc3c2)nc(N2CCOCC2)n1. The number of rotatable bonds is 3. The van der Waals surface area contributed by atoms with Gasteiger partial charge >= 0.3 is 0 Å². The van der Waals surface area contributed by atoms with E-state index in [-0.39, 0.29) is 5.28 Å². The van der Waals surface area contributed by atoms with Crippen LogP contribution in [0.4, 0.5) is 17.6 Å². The lowest BCUT2D eigenvalue weighted by Crippen LogP contribution is -2.37. The van der Waals surface area contributed by atoms with E-state index in [2.05, 4.69) is 44.5 Å². The highest BCUT2D eigenvalue weighted by atomic mass is 35.5. The molecule has 0 saturated carbocycles. The highest BCUT2D eigenvalue weighted by Gasteiger charge is 2.16. The van der Waals surface area contributed by atoms with Crippen LogP contribution < -0.4 is 10.2 Å². The summed E-state index contributed by atoms with van der Waals surface area (Å²) in [4.78, 5) is 14.9. The van der Waals surface area contributed by atoms with Crippen LogP contribution in [-0.2, 0) is 4.74 Å². The van der Waals surface area contributed by atoms with E-state index in [0.29, 0.717) is 25.1 Å². The van der Waals surface area contributed by atoms with Crippen molar-refractivity contribution in [2.45, 2.75) is 0 Å². The summed E-state index contributed by atoms with van der Waals surface area (Å²) in [6.07, 6.45) is 0. The number of aromatic nitrogens is 3. The fraction of sp³-hybridized carbons (Fsp3) is 0.235. The van der Waals surface area contributed by atoms with Crippen molar-refractivity contribution >= 4 is 40.0 Å². The van der Waals surface area contributed by atoms with E-state index < -0.39 is 0 Å². The molecule has 24 heavy (non-hydrogen) atoms. The van der Waals surface area contributed by atoms with E-state index in [1.165, 1.54) is 5.39 Å². The Morgan fingerprint density at radius 2 is 1.75 bits per heavy atom. The normalized spacial score (nSPS) is 14.8. The van der Waals surface area contributed by atoms with Crippen molar-refractivity contribution in [3.63, 3.8) is 0 Å². The molecule has 1 aromatic heterocycles. The van der Waals surface area contributed by atoms with Gasteiger partial charge in [0.15, 0.2) is 0 Å². The molecule has 1 aliphatic heterocycles. The Morgan fingerprint density at radius 3 is 2.58 bits per heavy atom. The second-order valence-corrected chi connectivity index (χ2v) is 5.85. The van der Waals surface area contributed by atoms with E-state index in [9.17, 15) is 0 Å². The standard InChI is InChI=1S/C17H16ClN5O/c18-15-20-16(22-17(21-15)23-7-9-24-10-8-23)19-14-6-5-12-3-1-2-4-13(12)11-14/h1-6,11H,7-10H2,(H,19,20,21,22). The van der Waals surface area contributed by atoms with Crippen LogP contribution in [0.5, 0.6) is 0 Å². The van der Waals surface area contributed by atoms with Gasteiger partial charge in [-0.05, 0) is 34.5 Å². The second-order valence-electron chi connectivity index (χ2n) is 5.51. The summed E-state index contributed by atoms with van der Waals surface area (Å²) < 4.78 is 5.36. The van der Waals surface area contributed by atoms with Crippen LogP contribution in [0.15, 0.2) is 42.5 Å². The Morgan fingerprint density at radius 1 is 0.958 bits per heavy atom. The summed E-state index contributed by atoms with van der Waals surface area (Å²) in [6.45, 7) is 2.82. The molecule has 0 atom stereocenters. The molecule has 6 nitrogen and oxygen atoms in total. The van der Waals surface area contributed by atoms with Crippen molar-refractivity contribution in [1.29, 1.82) is 0 Å². The smallest absolute Gasteiger partial charge is 0.233 e. The van der Waals surface area contributed by atoms with Gasteiger partial charge in [0.05, 0.1) is 13.2 Å². The maximum atomic E-state index is 6.07. The molecule has 1 saturated heterocycles. The quantitative estimate of drug-likeness (QED) is 0.789. The Hall–Kier alpha value is -2.44. The van der Waals surface area contributed by atoms with Gasteiger partial charge in [-0.3, -0.25) is 0 Å². The summed E-state index contributed by atoms with van der Waals surface area (Å²) in [6, 6.07) is 14.3. The average molecular weight is 342 g/mol. The molecule has 0 spiro atoms. The zero-order chi connectivity index (χ0) is 16.4. The minimum atomic E-state index is 0.176. The van der Waals surface area contributed by atoms with E-state index in [0.717, 1.165) is 24.2 Å². The minimum Gasteiger partial charge on any atom is -0.378 e. The molecular formula is C17H16ClN5O. The lowest BCUT2D eigenvalue weighted by atomic mass is 10.1. The number of fused-ring (bicyclic) bond motifs is 1. The Labute approximate surface area is 144 Å². The number of anilines is 3. The molecule has 7 heteroatoms. The highest BCUT2D eigenvalue weighted by Crippen LogP contribution is 2.22. The van der Waals surface area contributed by atoms with Crippen molar-refractivity contribution in [2.75, 3.05) is 36.5 Å². The zero-order valence-corrected chi connectivity index (χ0v) is 13.7. The van der Waals surface area contributed by atoms with Crippen LogP contribution in [0.25, 0.3) is 10.8 Å². The van der Waals surface area contributed by atoms with Crippen molar-refractivity contribution in [3.05, 3.63) is 47.7 Å². The van der Waals surface area contributed by atoms with Gasteiger partial charge in [-0.15, -0.1) is 0 Å². The van der Waals surface area contributed by atoms with Crippen molar-refractivity contribution in [3.8, 4) is 0 Å². The predicted molar refractivity (Wildman–Crippen MR) is 95.1 cm³/mol. The van der Waals surface area contributed by atoms with Crippen LogP contribution in [0.1, 0.15) is 0 Å². The first-order valence-corrected chi connectivity index (χ1v) is 8.16. The lowest BCUT2D eigenvalue weighted by Gasteiger charge is -2.26. The van der Waals surface area contributed by atoms with E-state index in [4.69, 9.17) is 16.3 Å². The summed E-state index contributed by atoms with van der Waals surface area (Å²) >= 11 is 6.07. The zero-order valence-electron chi connectivity index (χ0n) is 12.9. The Balaban J connectivity index is 1.61. The molecule has 0 amide bonds. The van der Waals surface area contributed by atoms with Crippen LogP contribution in [0.2, 0.25) is 5.28 Å². The number of hydrogen-bond acceptors (Lipinski definition) is 6. The largest absolute Gasteiger partial charge is 0.378 e. The number of ether oxygens (including phenoxy) is 1. The molecule has 4 rings (SSSR count). The van der Waals surface area contributed by atoms with Gasteiger partial charge in [0.2, 0.25) is 17.2 Å². The summed E-state index contributed by atoms with van der Waals surface area (Å²) in [5, 5.41) is 5.72. The molecule has 2 aromatic carbocycles. The van der Waals surface area contributed by atoms with E-state index in [1.807, 2.05) is 23.1 Å². The minimum absolute atomic E-state index is 0.176. The first-order valence-electron chi connectivity index (χ1n) is 7.78. The number of nitrogens with zero attached hydrogens (tertiary/aromatic N) is 4. The molecule has 1 aliphatic rings. The highest BCUT2D eigenvalue weighted by molar-refractivity contribution is 6.28. The van der Waals surface area contributed by atoms with Crippen LogP contribution in [0, 0.1) is 0 Å². The van der Waals surface area contributed by atoms with Gasteiger partial charge in [-0.2, -0.15) is 15.0 Å². The Bertz CT molecular complexity index is 866. The summed E-state index contributed by atoms with van der Waals surface area (Å²) in [5.74, 6) is 1.01. The maximum Gasteiger partial charge on any atom is 0.233 e. The molecule has 2 heterocycles. The van der Waals surface area contributed by atoms with Gasteiger partial charge in [0.1, 0.15) is 0 Å². The van der Waals surface area contributed by atoms with Crippen molar-refractivity contribution in [2.24, 2.45) is 0 Å². The number of halogens is 1. The van der Waals surface area contributed by atoms with E-state index >= 15 is 0 Å². The van der Waals surface area contributed by atoms with Crippen molar-refractivity contribution in [1.82, 2.24) is 15.0 Å². The first-order chi connectivity index (χ1) is 11.8. The average Bonchev–Trinajstić information content (AvgIpc) is 2.62. The molecular weight excluding hydrogens is 326 g/mol. The summed E-state index contributed by atoms with van der Waals surface area (Å²) in [7, 11) is 0. The maximum absolute atomic E-state index is 6.07.